The summed E-state index contributed by atoms with van der Waals surface area (Å²) in [5.74, 6) is -0.578. The van der Waals surface area contributed by atoms with Crippen molar-refractivity contribution in [3.63, 3.8) is 0 Å². The Kier molecular flexibility index (Phi) is 5.23. The number of aryl methyl sites for hydroxylation is 1. The van der Waals surface area contributed by atoms with Gasteiger partial charge in [0.2, 0.25) is 0 Å². The molecule has 0 amide bonds. The summed E-state index contributed by atoms with van der Waals surface area (Å²) in [7, 11) is 2.98. The predicted octanol–water partition coefficient (Wildman–Crippen LogP) is 3.75. The second-order valence-corrected chi connectivity index (χ2v) is 6.28. The van der Waals surface area contributed by atoms with E-state index in [-0.39, 0.29) is 11.3 Å². The first-order valence-electron chi connectivity index (χ1n) is 6.34. The molecule has 0 atom stereocenters. The number of esters is 1. The van der Waals surface area contributed by atoms with E-state index >= 15 is 0 Å². The lowest BCUT2D eigenvalue weighted by Gasteiger charge is -2.11. The fraction of sp³-hybridized carbons (Fsp3) is 0.200. The first kappa shape index (κ1) is 17.0. The van der Waals surface area contributed by atoms with Crippen LogP contribution in [0.2, 0.25) is 5.15 Å². The second kappa shape index (κ2) is 6.78. The quantitative estimate of drug-likeness (QED) is 0.346. The number of hydrogen-bond donors (Lipinski definition) is 1. The number of nitrogens with one attached hydrogen (secondary N) is 1. The van der Waals surface area contributed by atoms with Gasteiger partial charge >= 0.3 is 5.97 Å². The molecule has 0 unspecified atom stereocenters. The van der Waals surface area contributed by atoms with Gasteiger partial charge in [0, 0.05) is 9.13 Å². The van der Waals surface area contributed by atoms with Crippen LogP contribution in [0.1, 0.15) is 15.9 Å². The summed E-state index contributed by atoms with van der Waals surface area (Å²) in [5.41, 5.74) is 1.25. The highest BCUT2D eigenvalue weighted by atomic mass is 127. The Bertz CT molecular complexity index is 753. The number of carbonyl (C=O) groups is 1. The van der Waals surface area contributed by atoms with Crippen molar-refractivity contribution in [2.75, 3.05) is 12.4 Å². The Labute approximate surface area is 146 Å². The predicted molar refractivity (Wildman–Crippen MR) is 91.1 cm³/mol. The molecule has 2 rings (SSSR count). The number of nitrogens with zero attached hydrogens (tertiary/aromatic N) is 1. The van der Waals surface area contributed by atoms with Crippen molar-refractivity contribution >= 4 is 51.7 Å². The fourth-order valence-electron chi connectivity index (χ4n) is 2.02. The Morgan fingerprint density at radius 1 is 1.41 bits per heavy atom. The molecular formula is C15H14ClFIN2O2+. The monoisotopic (exact) mass is 435 g/mol. The van der Waals surface area contributed by atoms with Crippen LogP contribution < -0.4 is 9.88 Å². The fourth-order valence-corrected chi connectivity index (χ4v) is 2.62. The van der Waals surface area contributed by atoms with Gasteiger partial charge in [0.05, 0.1) is 14.2 Å². The Morgan fingerprint density at radius 3 is 2.68 bits per heavy atom. The maximum absolute atomic E-state index is 14.0. The summed E-state index contributed by atoms with van der Waals surface area (Å²) in [6.07, 6.45) is 0. The first-order valence-corrected chi connectivity index (χ1v) is 7.80. The summed E-state index contributed by atoms with van der Waals surface area (Å²) >= 11 is 8.23. The SMILES string of the molecule is COC(=O)c1cc(C)c(Cl)[n+](C)c1Nc1ccc(I)cc1F. The number of carbonyl (C=O) groups excluding carboxylic acids is 1. The molecule has 1 N–H and O–H groups in total. The van der Waals surface area contributed by atoms with Crippen molar-refractivity contribution in [1.29, 1.82) is 0 Å². The number of ether oxygens (including phenoxy) is 1. The highest BCUT2D eigenvalue weighted by Crippen LogP contribution is 2.25. The number of pyridine rings is 1. The molecule has 0 aliphatic rings. The minimum absolute atomic E-state index is 0.251. The van der Waals surface area contributed by atoms with Crippen molar-refractivity contribution in [3.05, 3.63) is 49.9 Å². The number of halogens is 3. The maximum atomic E-state index is 14.0. The minimum Gasteiger partial charge on any atom is -0.465 e. The van der Waals surface area contributed by atoms with Crippen molar-refractivity contribution in [1.82, 2.24) is 0 Å². The van der Waals surface area contributed by atoms with Crippen molar-refractivity contribution in [2.45, 2.75) is 6.92 Å². The zero-order chi connectivity index (χ0) is 16.4. The molecular weight excluding hydrogens is 422 g/mol. The lowest BCUT2D eigenvalue weighted by atomic mass is 10.2. The molecule has 0 fully saturated rings. The summed E-state index contributed by atoms with van der Waals surface area (Å²) in [6, 6.07) is 6.38. The normalized spacial score (nSPS) is 10.5. The van der Waals surface area contributed by atoms with Gasteiger partial charge in [-0.2, -0.15) is 0 Å². The molecule has 0 aliphatic heterocycles. The van der Waals surface area contributed by atoms with Gasteiger partial charge in [-0.15, -0.1) is 0 Å². The maximum Gasteiger partial charge on any atom is 0.346 e. The first-order chi connectivity index (χ1) is 10.3. The van der Waals surface area contributed by atoms with Crippen LogP contribution in [0.4, 0.5) is 15.9 Å². The Balaban J connectivity index is 2.58. The average Bonchev–Trinajstić information content (AvgIpc) is 2.49. The Hall–Kier alpha value is -1.41. The van der Waals surface area contributed by atoms with Crippen molar-refractivity contribution in [2.24, 2.45) is 7.05 Å². The van der Waals surface area contributed by atoms with Crippen molar-refractivity contribution < 1.29 is 18.5 Å². The van der Waals surface area contributed by atoms with Gasteiger partial charge in [0.25, 0.3) is 5.82 Å². The largest absolute Gasteiger partial charge is 0.465 e. The van der Waals surface area contributed by atoms with E-state index in [0.717, 1.165) is 9.13 Å². The smallest absolute Gasteiger partial charge is 0.346 e. The van der Waals surface area contributed by atoms with Gasteiger partial charge in [-0.1, -0.05) is 0 Å². The molecule has 7 heteroatoms. The molecule has 22 heavy (non-hydrogen) atoms. The summed E-state index contributed by atoms with van der Waals surface area (Å²) in [4.78, 5) is 12.0. The van der Waals surface area contributed by atoms with E-state index in [0.29, 0.717) is 11.0 Å². The molecule has 4 nitrogen and oxygen atoms in total. The van der Waals surface area contributed by atoms with Gasteiger partial charge in [0.15, 0.2) is 16.7 Å². The highest BCUT2D eigenvalue weighted by Gasteiger charge is 2.25. The third kappa shape index (κ3) is 3.33. The van der Waals surface area contributed by atoms with Gasteiger partial charge in [-0.3, -0.25) is 0 Å². The molecule has 0 aliphatic carbocycles. The number of rotatable bonds is 3. The van der Waals surface area contributed by atoms with Gasteiger partial charge in [-0.05, 0) is 65.4 Å². The molecule has 0 saturated heterocycles. The van der Waals surface area contributed by atoms with Gasteiger partial charge < -0.3 is 4.74 Å². The van der Waals surface area contributed by atoms with Crippen LogP contribution in [0.3, 0.4) is 0 Å². The zero-order valence-electron chi connectivity index (χ0n) is 12.2. The van der Waals surface area contributed by atoms with Crippen LogP contribution in [-0.4, -0.2) is 13.1 Å². The van der Waals surface area contributed by atoms with E-state index in [4.69, 9.17) is 16.3 Å². The van der Waals surface area contributed by atoms with E-state index in [9.17, 15) is 9.18 Å². The topological polar surface area (TPSA) is 42.2 Å². The molecule has 116 valence electrons. The lowest BCUT2D eigenvalue weighted by Crippen LogP contribution is -2.36. The zero-order valence-corrected chi connectivity index (χ0v) is 15.1. The van der Waals surface area contributed by atoms with E-state index < -0.39 is 11.8 Å². The van der Waals surface area contributed by atoms with Gasteiger partial charge in [-0.25, -0.2) is 19.1 Å². The summed E-state index contributed by atoms with van der Waals surface area (Å²) < 4.78 is 21.2. The molecule has 1 aromatic heterocycles. The average molecular weight is 436 g/mol. The van der Waals surface area contributed by atoms with Crippen molar-refractivity contribution in [3.8, 4) is 0 Å². The highest BCUT2D eigenvalue weighted by molar-refractivity contribution is 14.1. The molecule has 0 radical (unpaired) electrons. The molecule has 1 heterocycles. The van der Waals surface area contributed by atoms with E-state index in [1.807, 2.05) is 22.6 Å². The lowest BCUT2D eigenvalue weighted by molar-refractivity contribution is -0.655. The number of aromatic nitrogens is 1. The molecule has 0 bridgehead atoms. The molecule has 2 aromatic rings. The number of benzene rings is 1. The third-order valence-electron chi connectivity index (χ3n) is 3.16. The van der Waals surface area contributed by atoms with E-state index in [2.05, 4.69) is 5.32 Å². The number of methoxy groups -OCH3 is 1. The van der Waals surface area contributed by atoms with Gasteiger partial charge in [0.1, 0.15) is 5.56 Å². The van der Waals surface area contributed by atoms with Crippen LogP contribution >= 0.6 is 34.2 Å². The van der Waals surface area contributed by atoms with Crippen LogP contribution in [-0.2, 0) is 11.8 Å². The van der Waals surface area contributed by atoms with E-state index in [1.54, 1.807) is 36.7 Å². The Morgan fingerprint density at radius 2 is 2.09 bits per heavy atom. The van der Waals surface area contributed by atoms with Crippen LogP contribution in [0.25, 0.3) is 0 Å². The van der Waals surface area contributed by atoms with Crippen LogP contribution in [0.15, 0.2) is 24.3 Å². The summed E-state index contributed by atoms with van der Waals surface area (Å²) in [5, 5.41) is 3.36. The number of hydrogen-bond acceptors (Lipinski definition) is 3. The summed E-state index contributed by atoms with van der Waals surface area (Å²) in [6.45, 7) is 1.78. The third-order valence-corrected chi connectivity index (χ3v) is 4.38. The van der Waals surface area contributed by atoms with E-state index in [1.165, 1.54) is 13.2 Å². The molecule has 1 aromatic carbocycles. The second-order valence-electron chi connectivity index (χ2n) is 4.68. The molecule has 0 saturated carbocycles. The number of anilines is 2. The molecule has 0 spiro atoms. The van der Waals surface area contributed by atoms with Crippen LogP contribution in [0, 0.1) is 16.3 Å². The van der Waals surface area contributed by atoms with Crippen LogP contribution in [0.5, 0.6) is 0 Å². The standard InChI is InChI=1S/C15H13ClFIN2O2/c1-8-6-10(15(21)22-3)14(20(2)13(8)16)19-12-5-4-9(18)7-11(12)17/h4-7H,1-3H3/p+1. The minimum atomic E-state index is -0.524.